The third-order valence-electron chi connectivity index (χ3n) is 3.10. The van der Waals surface area contributed by atoms with E-state index in [1.54, 1.807) is 0 Å². The van der Waals surface area contributed by atoms with Gasteiger partial charge in [-0.3, -0.25) is 15.3 Å². The lowest BCUT2D eigenvalue weighted by Crippen LogP contribution is -3.00. The summed E-state index contributed by atoms with van der Waals surface area (Å²) in [6.45, 7) is 3.66. The van der Waals surface area contributed by atoms with Crippen LogP contribution in [-0.2, 0) is 9.59 Å². The number of carbonyl (C=O) groups excluding carboxylic acids is 2. The van der Waals surface area contributed by atoms with E-state index in [9.17, 15) is 9.59 Å². The molecule has 0 saturated heterocycles. The number of hydrogen-bond donors (Lipinski definition) is 1. The molecule has 22 heavy (non-hydrogen) atoms. The highest BCUT2D eigenvalue weighted by molar-refractivity contribution is 5.89. The zero-order chi connectivity index (χ0) is 15.8. The van der Waals surface area contributed by atoms with Gasteiger partial charge in [0, 0.05) is 12.8 Å². The number of halogens is 2. The predicted molar refractivity (Wildman–Crippen MR) is 79.4 cm³/mol. The molecule has 0 spiro atoms. The molecule has 0 aromatic carbocycles. The molecule has 0 unspecified atom stereocenters. The molecular formula is C14H30Cl2N4O2. The third-order valence-corrected chi connectivity index (χ3v) is 3.10. The number of hydrogen-bond acceptors (Lipinski definition) is 2. The van der Waals surface area contributed by atoms with Crippen molar-refractivity contribution in [2.24, 2.45) is 0 Å². The summed E-state index contributed by atoms with van der Waals surface area (Å²) in [5.41, 5.74) is 6.69. The van der Waals surface area contributed by atoms with Crippen LogP contribution in [-0.4, -0.2) is 82.2 Å². The molecule has 0 aromatic rings. The highest BCUT2D eigenvalue weighted by Gasteiger charge is 2.17. The van der Waals surface area contributed by atoms with Gasteiger partial charge in [0.15, 0.2) is 0 Å². The number of nitrogens with one attached hydrogen (secondary N) is 2. The molecule has 0 aliphatic carbocycles. The van der Waals surface area contributed by atoms with Crippen molar-refractivity contribution in [1.29, 1.82) is 0 Å². The van der Waals surface area contributed by atoms with Crippen LogP contribution in [0, 0.1) is 6.42 Å². The van der Waals surface area contributed by atoms with E-state index in [1.807, 2.05) is 0 Å². The molecule has 2 amide bonds. The normalized spacial score (nSPS) is 11.1. The molecule has 0 bridgehead atoms. The van der Waals surface area contributed by atoms with Crippen molar-refractivity contribution >= 4 is 11.8 Å². The van der Waals surface area contributed by atoms with Gasteiger partial charge in [0.1, 0.15) is 0 Å². The van der Waals surface area contributed by atoms with Crippen LogP contribution >= 0.6 is 0 Å². The van der Waals surface area contributed by atoms with Crippen molar-refractivity contribution in [3.63, 3.8) is 0 Å². The topological polar surface area (TPSA) is 70.0 Å². The number of rotatable bonds is 10. The Morgan fingerprint density at radius 1 is 1.00 bits per heavy atom. The van der Waals surface area contributed by atoms with Crippen molar-refractivity contribution in [3.8, 4) is 0 Å². The summed E-state index contributed by atoms with van der Waals surface area (Å²) in [4.78, 5) is 21.8. The summed E-state index contributed by atoms with van der Waals surface area (Å²) in [5, 5.41) is 2.78. The van der Waals surface area contributed by atoms with Crippen LogP contribution in [0.1, 0.15) is 12.8 Å². The first-order chi connectivity index (χ1) is 9.02. The second-order valence-electron chi connectivity index (χ2n) is 6.87. The lowest BCUT2D eigenvalue weighted by Gasteiger charge is -2.31. The minimum Gasteiger partial charge on any atom is -1.00 e. The lowest BCUT2D eigenvalue weighted by atomic mass is 10.3. The Morgan fingerprint density at radius 2 is 1.55 bits per heavy atom. The molecule has 0 heterocycles. The molecule has 2 N–H and O–H groups in total. The molecule has 0 aliphatic rings. The summed E-state index contributed by atoms with van der Waals surface area (Å²) in [6.07, 6.45) is 2.22. The molecular weight excluding hydrogens is 327 g/mol. The van der Waals surface area contributed by atoms with E-state index >= 15 is 0 Å². The van der Waals surface area contributed by atoms with E-state index in [1.165, 1.54) is 0 Å². The van der Waals surface area contributed by atoms with Gasteiger partial charge in [-0.25, -0.2) is 0 Å². The van der Waals surface area contributed by atoms with E-state index in [4.69, 9.17) is 5.73 Å². The maximum absolute atomic E-state index is 11.4. The van der Waals surface area contributed by atoms with E-state index in [-0.39, 0.29) is 37.1 Å². The highest BCUT2D eigenvalue weighted by Crippen LogP contribution is 2.01. The smallest absolute Gasteiger partial charge is 0.242 e. The number of amides is 2. The summed E-state index contributed by atoms with van der Waals surface area (Å²) in [6, 6.07) is 0. The first-order valence-corrected chi connectivity index (χ1v) is 7.00. The van der Waals surface area contributed by atoms with Crippen LogP contribution in [0.25, 0.3) is 0 Å². The second-order valence-corrected chi connectivity index (χ2v) is 6.87. The standard InChI is InChI=1S/C14H29N4O2.2ClH/c1-17(2,3)10-6-11-18(4,5)12-9-16-14(20)8-7-13(15)19;;/h7,15H,6,8-12H2,1-5H3;2*1H/q+1;;/p-1. The second kappa shape index (κ2) is 11.9. The first-order valence-electron chi connectivity index (χ1n) is 7.00. The Labute approximate surface area is 147 Å². The van der Waals surface area contributed by atoms with Gasteiger partial charge in [0.2, 0.25) is 11.8 Å². The maximum Gasteiger partial charge on any atom is 0.242 e. The number of quaternary nitrogens is 2. The number of likely N-dealkylation sites (N-methyl/N-ethyl adjacent to an activating group) is 1. The highest BCUT2D eigenvalue weighted by atomic mass is 35.5. The number of nitrogens with zero attached hydrogens (tertiary/aromatic N) is 2. The SMILES string of the molecule is C[N+](C)(C)CCC[N+](C)(C)CCNC(=O)C[CH]C([NH])=O.[Cl-].[Cl-]. The molecule has 6 nitrogen and oxygen atoms in total. The molecule has 0 rings (SSSR count). The fourth-order valence-electron chi connectivity index (χ4n) is 1.84. The summed E-state index contributed by atoms with van der Waals surface area (Å²) >= 11 is 0. The average molecular weight is 357 g/mol. The Balaban J connectivity index is -0.00000180. The summed E-state index contributed by atoms with van der Waals surface area (Å²) in [7, 11) is 10.9. The van der Waals surface area contributed by atoms with Gasteiger partial charge in [0.05, 0.1) is 67.8 Å². The molecule has 0 aliphatic heterocycles. The van der Waals surface area contributed by atoms with Crippen molar-refractivity contribution in [2.45, 2.75) is 12.8 Å². The molecule has 0 aromatic heterocycles. The van der Waals surface area contributed by atoms with Crippen LogP contribution < -0.4 is 35.9 Å². The third kappa shape index (κ3) is 17.5. The average Bonchev–Trinajstić information content (AvgIpc) is 2.23. The van der Waals surface area contributed by atoms with Crippen LogP contribution in [0.4, 0.5) is 0 Å². The maximum atomic E-state index is 11.4. The first kappa shape index (κ1) is 26.3. The fourth-order valence-corrected chi connectivity index (χ4v) is 1.84. The minimum absolute atomic E-state index is 0. The molecule has 0 atom stereocenters. The Kier molecular flexibility index (Phi) is 14.3. The summed E-state index contributed by atoms with van der Waals surface area (Å²) < 4.78 is 1.83. The molecule has 132 valence electrons. The molecule has 2 radical (unpaired) electrons. The van der Waals surface area contributed by atoms with Gasteiger partial charge < -0.3 is 39.1 Å². The monoisotopic (exact) mass is 356 g/mol. The van der Waals surface area contributed by atoms with Crippen molar-refractivity contribution in [2.75, 3.05) is 61.4 Å². The minimum atomic E-state index is -0.809. The quantitative estimate of drug-likeness (QED) is 0.395. The van der Waals surface area contributed by atoms with E-state index in [0.29, 0.717) is 6.54 Å². The van der Waals surface area contributed by atoms with E-state index in [0.717, 1.165) is 41.4 Å². The zero-order valence-corrected chi connectivity index (χ0v) is 15.8. The van der Waals surface area contributed by atoms with Gasteiger partial charge in [-0.1, -0.05) is 0 Å². The van der Waals surface area contributed by atoms with Crippen molar-refractivity contribution < 1.29 is 43.4 Å². The van der Waals surface area contributed by atoms with Gasteiger partial charge in [-0.15, -0.1) is 0 Å². The predicted octanol–water partition coefficient (Wildman–Crippen LogP) is -6.31. The van der Waals surface area contributed by atoms with Gasteiger partial charge in [-0.05, 0) is 0 Å². The van der Waals surface area contributed by atoms with Crippen LogP contribution in [0.15, 0.2) is 0 Å². The van der Waals surface area contributed by atoms with Gasteiger partial charge >= 0.3 is 0 Å². The van der Waals surface area contributed by atoms with E-state index < -0.39 is 5.91 Å². The largest absolute Gasteiger partial charge is 1.00 e. The van der Waals surface area contributed by atoms with Crippen LogP contribution in [0.3, 0.4) is 0 Å². The van der Waals surface area contributed by atoms with Crippen molar-refractivity contribution in [3.05, 3.63) is 6.42 Å². The van der Waals surface area contributed by atoms with E-state index in [2.05, 4.69) is 40.6 Å². The molecule has 0 fully saturated rings. The zero-order valence-electron chi connectivity index (χ0n) is 14.3. The van der Waals surface area contributed by atoms with Crippen LogP contribution in [0.5, 0.6) is 0 Å². The van der Waals surface area contributed by atoms with Crippen LogP contribution in [0.2, 0.25) is 0 Å². The fraction of sp³-hybridized carbons (Fsp3) is 0.786. The summed E-state index contributed by atoms with van der Waals surface area (Å²) in [5.74, 6) is -1.01. The van der Waals surface area contributed by atoms with Gasteiger partial charge in [0.25, 0.3) is 0 Å². The Morgan fingerprint density at radius 3 is 2.00 bits per heavy atom. The molecule has 0 saturated carbocycles. The Bertz CT molecular complexity index is 331. The van der Waals surface area contributed by atoms with Gasteiger partial charge in [-0.2, -0.15) is 0 Å². The molecule has 8 heteroatoms. The number of carbonyl (C=O) groups is 2. The lowest BCUT2D eigenvalue weighted by molar-refractivity contribution is -0.901. The van der Waals surface area contributed by atoms with Crippen molar-refractivity contribution in [1.82, 2.24) is 11.1 Å². The Hall–Kier alpha value is -0.560.